The molecule has 0 amide bonds. The zero-order valence-corrected chi connectivity index (χ0v) is 13.1. The molecule has 0 N–H and O–H groups in total. The predicted octanol–water partition coefficient (Wildman–Crippen LogP) is 0.801. The molecule has 0 aromatic rings. The number of hydroxylamine groups is 2. The Hall–Kier alpha value is -1.22. The van der Waals surface area contributed by atoms with Crippen molar-refractivity contribution >= 4 is 11.9 Å². The second-order valence-corrected chi connectivity index (χ2v) is 5.29. The summed E-state index contributed by atoms with van der Waals surface area (Å²) in [6.45, 7) is 2.67. The van der Waals surface area contributed by atoms with E-state index in [0.29, 0.717) is 19.4 Å². The van der Waals surface area contributed by atoms with E-state index >= 15 is 0 Å². The number of fused-ring (bicyclic) bond motifs is 1. The minimum atomic E-state index is -1.06. The Morgan fingerprint density at radius 2 is 1.86 bits per heavy atom. The summed E-state index contributed by atoms with van der Waals surface area (Å²) in [5.41, 5.74) is 0. The molecule has 0 unspecified atom stereocenters. The van der Waals surface area contributed by atoms with Gasteiger partial charge in [-0.3, -0.25) is 9.63 Å². The third kappa shape index (κ3) is 3.57. The summed E-state index contributed by atoms with van der Waals surface area (Å²) >= 11 is 0. The average Bonchev–Trinajstić information content (AvgIpc) is 2.92. The van der Waals surface area contributed by atoms with Gasteiger partial charge in [-0.15, -0.1) is 0 Å². The van der Waals surface area contributed by atoms with Crippen LogP contribution in [0.25, 0.3) is 0 Å². The lowest BCUT2D eigenvalue weighted by Crippen LogP contribution is -2.44. The maximum atomic E-state index is 12.0. The number of nitrogens with zero attached hydrogens (tertiary/aromatic N) is 1. The van der Waals surface area contributed by atoms with E-state index < -0.39 is 30.3 Å². The summed E-state index contributed by atoms with van der Waals surface area (Å²) in [6, 6.07) is -0.387. The molecule has 0 bridgehead atoms. The first-order valence-electron chi connectivity index (χ1n) is 7.52. The van der Waals surface area contributed by atoms with Crippen LogP contribution < -0.4 is 0 Å². The number of ether oxygens (including phenoxy) is 3. The molecule has 2 saturated heterocycles. The van der Waals surface area contributed by atoms with Gasteiger partial charge in [0.05, 0.1) is 20.3 Å². The van der Waals surface area contributed by atoms with Crippen LogP contribution in [0.3, 0.4) is 0 Å². The highest BCUT2D eigenvalue weighted by Crippen LogP contribution is 2.37. The van der Waals surface area contributed by atoms with E-state index in [-0.39, 0.29) is 6.04 Å². The first-order valence-corrected chi connectivity index (χ1v) is 7.52. The maximum Gasteiger partial charge on any atom is 0.338 e. The highest BCUT2D eigenvalue weighted by molar-refractivity contribution is 5.84. The van der Waals surface area contributed by atoms with Gasteiger partial charge in [-0.2, -0.15) is 0 Å². The number of unbranched alkanes of at least 4 members (excludes halogenated alkanes) is 1. The fourth-order valence-corrected chi connectivity index (χ4v) is 2.65. The van der Waals surface area contributed by atoms with Gasteiger partial charge in [0.15, 0.2) is 12.4 Å². The molecule has 0 saturated carbocycles. The maximum absolute atomic E-state index is 12.0. The minimum Gasteiger partial charge on any atom is -0.469 e. The van der Waals surface area contributed by atoms with E-state index in [1.165, 1.54) is 19.4 Å². The molecule has 22 heavy (non-hydrogen) atoms. The van der Waals surface area contributed by atoms with Crippen molar-refractivity contribution in [3.05, 3.63) is 0 Å². The monoisotopic (exact) mass is 317 g/mol. The number of rotatable bonds is 6. The largest absolute Gasteiger partial charge is 0.469 e. The van der Waals surface area contributed by atoms with Crippen LogP contribution in [0.1, 0.15) is 32.6 Å². The molecule has 0 aromatic carbocycles. The molecule has 0 spiro atoms. The van der Waals surface area contributed by atoms with Crippen molar-refractivity contribution in [2.24, 2.45) is 5.92 Å². The van der Waals surface area contributed by atoms with Gasteiger partial charge >= 0.3 is 11.9 Å². The summed E-state index contributed by atoms with van der Waals surface area (Å²) in [5, 5.41) is 1.20. The van der Waals surface area contributed by atoms with Crippen LogP contribution in [0.15, 0.2) is 0 Å². The zero-order valence-electron chi connectivity index (χ0n) is 13.1. The summed E-state index contributed by atoms with van der Waals surface area (Å²) < 4.78 is 15.1. The average molecular weight is 317 g/mol. The lowest BCUT2D eigenvalue weighted by atomic mass is 9.91. The molecule has 4 atom stereocenters. The number of hydrogen-bond acceptors (Lipinski definition) is 8. The minimum absolute atomic E-state index is 0.387. The van der Waals surface area contributed by atoms with E-state index in [2.05, 4.69) is 11.7 Å². The predicted molar refractivity (Wildman–Crippen MR) is 73.0 cm³/mol. The number of methoxy groups -OCH3 is 2. The second-order valence-electron chi connectivity index (χ2n) is 5.29. The van der Waals surface area contributed by atoms with Crippen molar-refractivity contribution in [3.8, 4) is 0 Å². The number of carbonyl (C=O) groups is 2. The molecule has 2 rings (SSSR count). The molecular weight excluding hydrogens is 294 g/mol. The van der Waals surface area contributed by atoms with Crippen LogP contribution in [0, 0.1) is 5.92 Å². The summed E-state index contributed by atoms with van der Waals surface area (Å²) in [7, 11) is 2.52. The van der Waals surface area contributed by atoms with Crippen molar-refractivity contribution in [3.63, 3.8) is 0 Å². The molecular formula is C14H23NO7. The Labute approximate surface area is 129 Å². The Bertz CT molecular complexity index is 403. The lowest BCUT2D eigenvalue weighted by Gasteiger charge is -2.33. The molecule has 2 heterocycles. The first-order chi connectivity index (χ1) is 10.6. The Morgan fingerprint density at radius 3 is 2.50 bits per heavy atom. The SMILES string of the molecule is CCCCO[C@H]1CC[C@H]2[C@H](C(=O)OC)[C@H](C(=O)OC)ON2O1. The molecule has 8 heteroatoms. The molecule has 0 aliphatic carbocycles. The third-order valence-corrected chi connectivity index (χ3v) is 3.86. The standard InChI is InChI=1S/C14H23NO7/c1-4-5-8-20-10-7-6-9-11(13(16)18-2)12(14(17)19-3)22-15(9)21-10/h9-12H,4-8H2,1-3H3/t9-,10+,11-,12+/m0/s1. The Kier molecular flexibility index (Phi) is 6.13. The smallest absolute Gasteiger partial charge is 0.338 e. The zero-order chi connectivity index (χ0) is 16.1. The van der Waals surface area contributed by atoms with Crippen molar-refractivity contribution in [2.75, 3.05) is 20.8 Å². The fourth-order valence-electron chi connectivity index (χ4n) is 2.65. The molecule has 2 fully saturated rings. The quantitative estimate of drug-likeness (QED) is 0.525. The number of esters is 2. The van der Waals surface area contributed by atoms with Crippen LogP contribution in [-0.4, -0.2) is 56.4 Å². The summed E-state index contributed by atoms with van der Waals surface area (Å²) in [4.78, 5) is 34.8. The van der Waals surface area contributed by atoms with Crippen LogP contribution in [0.4, 0.5) is 0 Å². The van der Waals surface area contributed by atoms with Gasteiger partial charge in [0.2, 0.25) is 0 Å². The van der Waals surface area contributed by atoms with Crippen LogP contribution in [0.2, 0.25) is 0 Å². The molecule has 2 aliphatic rings. The lowest BCUT2D eigenvalue weighted by molar-refractivity contribution is -0.433. The van der Waals surface area contributed by atoms with E-state index in [1.807, 2.05) is 0 Å². The molecule has 8 nitrogen and oxygen atoms in total. The molecule has 0 radical (unpaired) electrons. The van der Waals surface area contributed by atoms with Gasteiger partial charge < -0.3 is 14.2 Å². The number of carbonyl (C=O) groups excluding carboxylic acids is 2. The van der Waals surface area contributed by atoms with Gasteiger partial charge in [-0.1, -0.05) is 18.6 Å². The van der Waals surface area contributed by atoms with Gasteiger partial charge in [0.1, 0.15) is 5.92 Å². The Balaban J connectivity index is 2.02. The second kappa shape index (κ2) is 7.87. The van der Waals surface area contributed by atoms with E-state index in [0.717, 1.165) is 12.8 Å². The Morgan fingerprint density at radius 1 is 1.14 bits per heavy atom. The van der Waals surface area contributed by atoms with E-state index in [1.54, 1.807) is 0 Å². The molecule has 0 aromatic heterocycles. The number of hydrogen-bond donors (Lipinski definition) is 0. The summed E-state index contributed by atoms with van der Waals surface area (Å²) in [6.07, 6.45) is 1.71. The normalized spacial score (nSPS) is 31.6. The van der Waals surface area contributed by atoms with Gasteiger partial charge in [0.25, 0.3) is 0 Å². The van der Waals surface area contributed by atoms with Crippen molar-refractivity contribution < 1.29 is 33.5 Å². The van der Waals surface area contributed by atoms with Crippen molar-refractivity contribution in [1.29, 1.82) is 0 Å². The van der Waals surface area contributed by atoms with Crippen LogP contribution in [0.5, 0.6) is 0 Å². The molecule has 2 aliphatic heterocycles. The topological polar surface area (TPSA) is 83.5 Å². The van der Waals surface area contributed by atoms with Gasteiger partial charge in [-0.05, 0) is 12.8 Å². The first kappa shape index (κ1) is 17.1. The van der Waals surface area contributed by atoms with Crippen LogP contribution >= 0.6 is 0 Å². The third-order valence-electron chi connectivity index (χ3n) is 3.86. The molecule has 126 valence electrons. The van der Waals surface area contributed by atoms with E-state index in [9.17, 15) is 9.59 Å². The summed E-state index contributed by atoms with van der Waals surface area (Å²) in [5.74, 6) is -1.91. The van der Waals surface area contributed by atoms with E-state index in [4.69, 9.17) is 19.1 Å². The van der Waals surface area contributed by atoms with Crippen LogP contribution in [-0.2, 0) is 33.5 Å². The van der Waals surface area contributed by atoms with Gasteiger partial charge in [-0.25, -0.2) is 9.63 Å². The fraction of sp³-hybridized carbons (Fsp3) is 0.857. The van der Waals surface area contributed by atoms with Gasteiger partial charge in [0, 0.05) is 13.0 Å². The highest BCUT2D eigenvalue weighted by Gasteiger charge is 2.55. The van der Waals surface area contributed by atoms with Crippen molar-refractivity contribution in [2.45, 2.75) is 51.0 Å². The highest BCUT2D eigenvalue weighted by atomic mass is 17.0. The van der Waals surface area contributed by atoms with Crippen molar-refractivity contribution in [1.82, 2.24) is 5.23 Å².